The predicted molar refractivity (Wildman–Crippen MR) is 64.5 cm³/mol. The molecule has 18 heavy (non-hydrogen) atoms. The summed E-state index contributed by atoms with van der Waals surface area (Å²) in [4.78, 5) is 22.2. The summed E-state index contributed by atoms with van der Waals surface area (Å²) in [5, 5.41) is 6.33. The third-order valence-electron chi connectivity index (χ3n) is 2.76. The number of hydrogen-bond donors (Lipinski definition) is 0. The van der Waals surface area contributed by atoms with Crippen molar-refractivity contribution in [3.8, 4) is 0 Å². The molecule has 0 aromatic rings. The fourth-order valence-corrected chi connectivity index (χ4v) is 1.79. The lowest BCUT2D eigenvalue weighted by molar-refractivity contribution is 0.107. The second kappa shape index (κ2) is 8.60. The third-order valence-corrected chi connectivity index (χ3v) is 2.76. The molecule has 6 nitrogen and oxygen atoms in total. The van der Waals surface area contributed by atoms with E-state index in [0.717, 1.165) is 44.9 Å². The Balaban J connectivity index is 2.13. The Morgan fingerprint density at radius 2 is 1.78 bits per heavy atom. The number of ether oxygens (including phenoxy) is 2. The molecule has 1 rings (SSSR count). The van der Waals surface area contributed by atoms with Crippen molar-refractivity contribution in [2.45, 2.75) is 58.0 Å². The summed E-state index contributed by atoms with van der Waals surface area (Å²) >= 11 is 0. The van der Waals surface area contributed by atoms with Crippen LogP contribution < -0.4 is 0 Å². The van der Waals surface area contributed by atoms with Crippen LogP contribution in [0.1, 0.15) is 51.9 Å². The van der Waals surface area contributed by atoms with Crippen molar-refractivity contribution in [2.75, 3.05) is 6.61 Å². The average Bonchev–Trinajstić information content (AvgIpc) is 2.85. The average molecular weight is 256 g/mol. The number of carbonyl (C=O) groups excluding carboxylic acids is 2. The predicted octanol–water partition coefficient (Wildman–Crippen LogP) is 3.84. The van der Waals surface area contributed by atoms with Gasteiger partial charge in [-0.05, 0) is 32.1 Å². The highest BCUT2D eigenvalue weighted by Crippen LogP contribution is 2.21. The Hall–Kier alpha value is -1.46. The number of unbranched alkanes of at least 4 members (excludes halogenated alkanes) is 2. The molecular formula is C12H20N2O4. The summed E-state index contributed by atoms with van der Waals surface area (Å²) in [6.07, 6.45) is 4.97. The van der Waals surface area contributed by atoms with Gasteiger partial charge in [-0.1, -0.05) is 30.0 Å². The summed E-state index contributed by atoms with van der Waals surface area (Å²) in [7, 11) is 0. The number of rotatable bonds is 5. The molecule has 0 spiro atoms. The van der Waals surface area contributed by atoms with Gasteiger partial charge in [0, 0.05) is 0 Å². The Morgan fingerprint density at radius 1 is 1.11 bits per heavy atom. The molecule has 0 aromatic heterocycles. The van der Waals surface area contributed by atoms with Crippen LogP contribution in [0.4, 0.5) is 9.59 Å². The Labute approximate surface area is 107 Å². The first-order valence-corrected chi connectivity index (χ1v) is 6.51. The van der Waals surface area contributed by atoms with Crippen LogP contribution in [0.3, 0.4) is 0 Å². The van der Waals surface area contributed by atoms with Gasteiger partial charge in [0.1, 0.15) is 6.10 Å². The zero-order chi connectivity index (χ0) is 13.2. The summed E-state index contributed by atoms with van der Waals surface area (Å²) in [5.41, 5.74) is 0. The second-order valence-electron chi connectivity index (χ2n) is 4.31. The second-order valence-corrected chi connectivity index (χ2v) is 4.31. The van der Waals surface area contributed by atoms with Crippen molar-refractivity contribution in [1.82, 2.24) is 0 Å². The molecule has 1 fully saturated rings. The minimum atomic E-state index is -0.838. The van der Waals surface area contributed by atoms with Crippen LogP contribution in [0.15, 0.2) is 10.2 Å². The van der Waals surface area contributed by atoms with E-state index in [1.54, 1.807) is 0 Å². The van der Waals surface area contributed by atoms with E-state index in [-0.39, 0.29) is 6.10 Å². The van der Waals surface area contributed by atoms with Crippen molar-refractivity contribution in [2.24, 2.45) is 10.2 Å². The molecule has 0 aromatic carbocycles. The molecule has 0 heterocycles. The minimum Gasteiger partial charge on any atom is -0.447 e. The Kier molecular flexibility index (Phi) is 6.98. The number of carbonyl (C=O) groups is 2. The van der Waals surface area contributed by atoms with Crippen molar-refractivity contribution in [3.05, 3.63) is 0 Å². The molecule has 1 aliphatic carbocycles. The van der Waals surface area contributed by atoms with Crippen LogP contribution >= 0.6 is 0 Å². The summed E-state index contributed by atoms with van der Waals surface area (Å²) in [6.45, 7) is 2.37. The van der Waals surface area contributed by atoms with Gasteiger partial charge in [0.15, 0.2) is 0 Å². The summed E-state index contributed by atoms with van der Waals surface area (Å²) in [6, 6.07) is 0. The number of nitrogens with zero attached hydrogens (tertiary/aromatic N) is 2. The molecule has 2 amide bonds. The molecule has 0 N–H and O–H groups in total. The highest BCUT2D eigenvalue weighted by atomic mass is 16.6. The van der Waals surface area contributed by atoms with Gasteiger partial charge >= 0.3 is 12.2 Å². The fourth-order valence-electron chi connectivity index (χ4n) is 1.79. The van der Waals surface area contributed by atoms with Gasteiger partial charge in [-0.15, -0.1) is 0 Å². The molecule has 1 saturated carbocycles. The Morgan fingerprint density at radius 3 is 2.44 bits per heavy atom. The molecule has 6 heteroatoms. The number of hydrogen-bond acceptors (Lipinski definition) is 4. The quantitative estimate of drug-likeness (QED) is 0.553. The van der Waals surface area contributed by atoms with E-state index < -0.39 is 12.2 Å². The first-order valence-electron chi connectivity index (χ1n) is 6.51. The van der Waals surface area contributed by atoms with E-state index in [4.69, 9.17) is 9.47 Å². The maximum absolute atomic E-state index is 11.2. The fraction of sp³-hybridized carbons (Fsp3) is 0.833. The third kappa shape index (κ3) is 6.32. The van der Waals surface area contributed by atoms with E-state index in [1.807, 2.05) is 0 Å². The standard InChI is InChI=1S/C12H20N2O4/c1-2-3-6-9-17-11(15)13-14-12(16)18-10-7-4-5-8-10/h10H,2-9H2,1H3/b14-13+. The molecular weight excluding hydrogens is 236 g/mol. The van der Waals surface area contributed by atoms with Gasteiger partial charge < -0.3 is 9.47 Å². The maximum atomic E-state index is 11.2. The number of amides is 2. The molecule has 0 atom stereocenters. The van der Waals surface area contributed by atoms with E-state index in [9.17, 15) is 9.59 Å². The lowest BCUT2D eigenvalue weighted by atomic mass is 10.3. The summed E-state index contributed by atoms with van der Waals surface area (Å²) < 4.78 is 9.75. The minimum absolute atomic E-state index is 0.0722. The number of azo groups is 1. The molecule has 0 unspecified atom stereocenters. The van der Waals surface area contributed by atoms with E-state index in [2.05, 4.69) is 17.2 Å². The molecule has 0 aliphatic heterocycles. The topological polar surface area (TPSA) is 77.3 Å². The lowest BCUT2D eigenvalue weighted by Crippen LogP contribution is -2.11. The highest BCUT2D eigenvalue weighted by molar-refractivity contribution is 5.73. The van der Waals surface area contributed by atoms with Gasteiger partial charge in [-0.2, -0.15) is 0 Å². The molecule has 0 saturated heterocycles. The van der Waals surface area contributed by atoms with Crippen molar-refractivity contribution in [3.63, 3.8) is 0 Å². The summed E-state index contributed by atoms with van der Waals surface area (Å²) in [5.74, 6) is 0. The van der Waals surface area contributed by atoms with Crippen molar-refractivity contribution < 1.29 is 19.1 Å². The van der Waals surface area contributed by atoms with Gasteiger partial charge in [-0.3, -0.25) is 0 Å². The first-order chi connectivity index (χ1) is 8.72. The van der Waals surface area contributed by atoms with E-state index in [0.29, 0.717) is 6.61 Å². The van der Waals surface area contributed by atoms with Crippen molar-refractivity contribution in [1.29, 1.82) is 0 Å². The van der Waals surface area contributed by atoms with Crippen LogP contribution in [0.2, 0.25) is 0 Å². The van der Waals surface area contributed by atoms with Gasteiger partial charge in [0.05, 0.1) is 6.61 Å². The normalized spacial score (nSPS) is 16.1. The molecule has 0 radical (unpaired) electrons. The monoisotopic (exact) mass is 256 g/mol. The van der Waals surface area contributed by atoms with Crippen LogP contribution in [0.25, 0.3) is 0 Å². The van der Waals surface area contributed by atoms with Crippen LogP contribution in [-0.4, -0.2) is 24.9 Å². The molecule has 1 aliphatic rings. The van der Waals surface area contributed by atoms with Crippen molar-refractivity contribution >= 4 is 12.2 Å². The largest absolute Gasteiger partial charge is 0.452 e. The highest BCUT2D eigenvalue weighted by Gasteiger charge is 2.19. The SMILES string of the molecule is CCCCCOC(=O)/N=N/C(=O)OC1CCCC1. The van der Waals surface area contributed by atoms with Crippen LogP contribution in [0.5, 0.6) is 0 Å². The lowest BCUT2D eigenvalue weighted by Gasteiger charge is -2.06. The maximum Gasteiger partial charge on any atom is 0.452 e. The molecule has 102 valence electrons. The zero-order valence-electron chi connectivity index (χ0n) is 10.8. The first kappa shape index (κ1) is 14.6. The Bertz CT molecular complexity index is 298. The van der Waals surface area contributed by atoms with E-state index >= 15 is 0 Å². The smallest absolute Gasteiger partial charge is 0.447 e. The van der Waals surface area contributed by atoms with Crippen LogP contribution in [-0.2, 0) is 9.47 Å². The molecule has 0 bridgehead atoms. The zero-order valence-corrected chi connectivity index (χ0v) is 10.8. The van der Waals surface area contributed by atoms with Gasteiger partial charge in [-0.25, -0.2) is 9.59 Å². The van der Waals surface area contributed by atoms with Gasteiger partial charge in [0.2, 0.25) is 0 Å². The van der Waals surface area contributed by atoms with Gasteiger partial charge in [0.25, 0.3) is 0 Å². The van der Waals surface area contributed by atoms with Crippen LogP contribution in [0, 0.1) is 0 Å². The van der Waals surface area contributed by atoms with E-state index in [1.165, 1.54) is 0 Å².